The number of hydrogen-bond donors (Lipinski definition) is 1. The number of piperidine rings is 1. The molecule has 2 aromatic rings. The third-order valence-corrected chi connectivity index (χ3v) is 8.09. The molecule has 1 saturated carbocycles. The Morgan fingerprint density at radius 1 is 0.967 bits per heavy atom. The Hall–Kier alpha value is -2.24. The van der Waals surface area contributed by atoms with E-state index in [1.807, 2.05) is 18.2 Å². The van der Waals surface area contributed by atoms with Crippen molar-refractivity contribution < 1.29 is 13.2 Å². The lowest BCUT2D eigenvalue weighted by Gasteiger charge is -2.38. The molecule has 2 aromatic heterocycles. The molecule has 0 spiro atoms. The zero-order valence-electron chi connectivity index (χ0n) is 16.9. The van der Waals surface area contributed by atoms with Gasteiger partial charge in [0.25, 0.3) is 10.2 Å². The molecular formula is C19H27N7O3S. The Kier molecular flexibility index (Phi) is 5.11. The van der Waals surface area contributed by atoms with E-state index in [1.165, 1.54) is 0 Å². The standard InChI is InChI=1S/C19H27N7O3S/c27-18(15-7-8-15)21-19-20-16-5-4-6-17(26(16)22-19)23-11-13-25(14-12-23)30(28,29)24-9-2-1-3-10-24/h4-6,15H,1-3,7-14H2,(H,21,22,27). The minimum Gasteiger partial charge on any atom is -0.354 e. The number of fused-ring (bicyclic) bond motifs is 1. The molecule has 3 aliphatic rings. The van der Waals surface area contributed by atoms with Crippen molar-refractivity contribution in [3.8, 4) is 0 Å². The van der Waals surface area contributed by atoms with E-state index < -0.39 is 10.2 Å². The normalized spacial score (nSPS) is 21.8. The van der Waals surface area contributed by atoms with Crippen molar-refractivity contribution in [1.82, 2.24) is 23.2 Å². The van der Waals surface area contributed by atoms with E-state index >= 15 is 0 Å². The summed E-state index contributed by atoms with van der Waals surface area (Å²) in [4.78, 5) is 18.6. The Balaban J connectivity index is 1.29. The summed E-state index contributed by atoms with van der Waals surface area (Å²) in [6.07, 6.45) is 4.83. The lowest BCUT2D eigenvalue weighted by molar-refractivity contribution is -0.117. The van der Waals surface area contributed by atoms with Crippen LogP contribution in [0.15, 0.2) is 18.2 Å². The average molecular weight is 434 g/mol. The third kappa shape index (κ3) is 3.77. The summed E-state index contributed by atoms with van der Waals surface area (Å²) in [6, 6.07) is 5.70. The van der Waals surface area contributed by atoms with Gasteiger partial charge in [-0.2, -0.15) is 26.5 Å². The molecule has 1 N–H and O–H groups in total. The van der Waals surface area contributed by atoms with Gasteiger partial charge in [-0.15, -0.1) is 5.10 Å². The van der Waals surface area contributed by atoms with Crippen LogP contribution < -0.4 is 10.2 Å². The van der Waals surface area contributed by atoms with Gasteiger partial charge in [-0.25, -0.2) is 0 Å². The quantitative estimate of drug-likeness (QED) is 0.753. The topological polar surface area (TPSA) is 103 Å². The highest BCUT2D eigenvalue weighted by atomic mass is 32.2. The molecule has 1 aliphatic carbocycles. The monoisotopic (exact) mass is 433 g/mol. The highest BCUT2D eigenvalue weighted by Crippen LogP contribution is 2.30. The van der Waals surface area contributed by atoms with E-state index in [2.05, 4.69) is 20.3 Å². The Morgan fingerprint density at radius 2 is 1.67 bits per heavy atom. The van der Waals surface area contributed by atoms with Crippen LogP contribution in [0.2, 0.25) is 0 Å². The van der Waals surface area contributed by atoms with Gasteiger partial charge in [-0.1, -0.05) is 12.5 Å². The van der Waals surface area contributed by atoms with Gasteiger partial charge in [-0.3, -0.25) is 10.1 Å². The molecule has 0 radical (unpaired) electrons. The van der Waals surface area contributed by atoms with Crippen molar-refractivity contribution in [1.29, 1.82) is 0 Å². The first kappa shape index (κ1) is 19.7. The molecule has 162 valence electrons. The lowest BCUT2D eigenvalue weighted by Crippen LogP contribution is -2.54. The highest BCUT2D eigenvalue weighted by molar-refractivity contribution is 7.86. The van der Waals surface area contributed by atoms with Gasteiger partial charge in [0.05, 0.1) is 0 Å². The molecule has 11 heteroatoms. The van der Waals surface area contributed by atoms with Gasteiger partial charge >= 0.3 is 0 Å². The number of piperazine rings is 1. The Bertz CT molecular complexity index is 1040. The molecule has 2 aliphatic heterocycles. The predicted molar refractivity (Wildman–Crippen MR) is 112 cm³/mol. The third-order valence-electron chi connectivity index (χ3n) is 6.05. The van der Waals surface area contributed by atoms with Gasteiger partial charge < -0.3 is 4.90 Å². The van der Waals surface area contributed by atoms with Crippen molar-refractivity contribution in [3.05, 3.63) is 18.2 Å². The number of rotatable bonds is 5. The molecule has 0 bridgehead atoms. The number of anilines is 2. The lowest BCUT2D eigenvalue weighted by atomic mass is 10.2. The Labute approximate surface area is 176 Å². The van der Waals surface area contributed by atoms with Crippen LogP contribution in [0.3, 0.4) is 0 Å². The molecule has 30 heavy (non-hydrogen) atoms. The number of pyridine rings is 1. The Morgan fingerprint density at radius 3 is 2.37 bits per heavy atom. The number of nitrogens with one attached hydrogen (secondary N) is 1. The molecule has 4 heterocycles. The second kappa shape index (κ2) is 7.78. The summed E-state index contributed by atoms with van der Waals surface area (Å²) in [5.74, 6) is 1.22. The van der Waals surface area contributed by atoms with E-state index in [0.29, 0.717) is 50.9 Å². The van der Waals surface area contributed by atoms with Crippen LogP contribution in [0.1, 0.15) is 32.1 Å². The highest BCUT2D eigenvalue weighted by Gasteiger charge is 2.34. The maximum absolute atomic E-state index is 12.9. The van der Waals surface area contributed by atoms with E-state index in [4.69, 9.17) is 0 Å². The summed E-state index contributed by atoms with van der Waals surface area (Å²) in [6.45, 7) is 3.28. The first-order valence-corrected chi connectivity index (χ1v) is 12.1. The number of nitrogens with zero attached hydrogens (tertiary/aromatic N) is 6. The van der Waals surface area contributed by atoms with E-state index in [0.717, 1.165) is 37.9 Å². The number of carbonyl (C=O) groups is 1. The fourth-order valence-corrected chi connectivity index (χ4v) is 5.82. The molecule has 0 aromatic carbocycles. The van der Waals surface area contributed by atoms with Gasteiger partial charge in [0.1, 0.15) is 5.82 Å². The minimum absolute atomic E-state index is 0.0241. The van der Waals surface area contributed by atoms with E-state index in [9.17, 15) is 13.2 Å². The SMILES string of the molecule is O=C(Nc1nc2cccc(N3CCN(S(=O)(=O)N4CCCCC4)CC3)n2n1)C1CC1. The van der Waals surface area contributed by atoms with Crippen molar-refractivity contribution in [3.63, 3.8) is 0 Å². The van der Waals surface area contributed by atoms with Gasteiger partial charge in [0.15, 0.2) is 5.65 Å². The molecule has 10 nitrogen and oxygen atoms in total. The van der Waals surface area contributed by atoms with Gasteiger partial charge in [0, 0.05) is 45.2 Å². The van der Waals surface area contributed by atoms with Crippen LogP contribution in [-0.2, 0) is 15.0 Å². The average Bonchev–Trinajstić information content (AvgIpc) is 3.54. The molecule has 1 amide bonds. The summed E-state index contributed by atoms with van der Waals surface area (Å²) in [5.41, 5.74) is 0.655. The van der Waals surface area contributed by atoms with Gasteiger partial charge in [-0.05, 0) is 37.8 Å². The smallest absolute Gasteiger partial charge is 0.282 e. The van der Waals surface area contributed by atoms with Crippen LogP contribution >= 0.6 is 0 Å². The van der Waals surface area contributed by atoms with E-state index in [1.54, 1.807) is 13.1 Å². The van der Waals surface area contributed by atoms with Crippen molar-refractivity contribution in [2.45, 2.75) is 32.1 Å². The molecule has 5 rings (SSSR count). The number of aromatic nitrogens is 3. The second-order valence-corrected chi connectivity index (χ2v) is 10.1. The summed E-state index contributed by atoms with van der Waals surface area (Å²) >= 11 is 0. The zero-order chi connectivity index (χ0) is 20.7. The fourth-order valence-electron chi connectivity index (χ4n) is 4.15. The van der Waals surface area contributed by atoms with Crippen molar-refractivity contribution in [2.24, 2.45) is 5.92 Å². The first-order chi connectivity index (χ1) is 14.5. The van der Waals surface area contributed by atoms with Gasteiger partial charge in [0.2, 0.25) is 11.9 Å². The zero-order valence-corrected chi connectivity index (χ0v) is 17.7. The number of hydrogen-bond acceptors (Lipinski definition) is 6. The fraction of sp³-hybridized carbons (Fsp3) is 0.632. The van der Waals surface area contributed by atoms with Crippen LogP contribution in [0.5, 0.6) is 0 Å². The van der Waals surface area contributed by atoms with Crippen LogP contribution in [-0.4, -0.2) is 76.8 Å². The first-order valence-electron chi connectivity index (χ1n) is 10.7. The van der Waals surface area contributed by atoms with Crippen LogP contribution in [0.25, 0.3) is 5.65 Å². The molecule has 0 atom stereocenters. The number of amides is 1. The maximum Gasteiger partial charge on any atom is 0.282 e. The minimum atomic E-state index is -3.39. The largest absolute Gasteiger partial charge is 0.354 e. The van der Waals surface area contributed by atoms with Crippen molar-refractivity contribution >= 4 is 33.5 Å². The summed E-state index contributed by atoms with van der Waals surface area (Å²) in [5, 5.41) is 7.26. The molecular weight excluding hydrogens is 406 g/mol. The van der Waals surface area contributed by atoms with Crippen LogP contribution in [0, 0.1) is 5.92 Å². The molecule has 3 fully saturated rings. The van der Waals surface area contributed by atoms with Crippen LogP contribution in [0.4, 0.5) is 11.8 Å². The summed E-state index contributed by atoms with van der Waals surface area (Å²) in [7, 11) is -3.39. The number of carbonyl (C=O) groups excluding carboxylic acids is 1. The molecule has 2 saturated heterocycles. The summed E-state index contributed by atoms with van der Waals surface area (Å²) < 4.78 is 30.8. The maximum atomic E-state index is 12.9. The van der Waals surface area contributed by atoms with Crippen molar-refractivity contribution in [2.75, 3.05) is 49.5 Å². The molecule has 0 unspecified atom stereocenters. The van der Waals surface area contributed by atoms with E-state index in [-0.39, 0.29) is 11.8 Å². The predicted octanol–water partition coefficient (Wildman–Crippen LogP) is 0.930. The second-order valence-electron chi connectivity index (χ2n) is 8.21.